The summed E-state index contributed by atoms with van der Waals surface area (Å²) >= 11 is 0. The van der Waals surface area contributed by atoms with Crippen LogP contribution in [0.1, 0.15) is 10.4 Å². The Hall–Kier alpha value is -1.97. The van der Waals surface area contributed by atoms with Gasteiger partial charge in [-0.05, 0) is 0 Å². The summed E-state index contributed by atoms with van der Waals surface area (Å²) in [4.78, 5) is 37.1. The van der Waals surface area contributed by atoms with Crippen LogP contribution in [0, 0.1) is 0 Å². The molecule has 0 bridgehead atoms. The van der Waals surface area contributed by atoms with Crippen molar-refractivity contribution in [1.29, 1.82) is 0 Å². The van der Waals surface area contributed by atoms with E-state index in [4.69, 9.17) is 9.47 Å². The van der Waals surface area contributed by atoms with E-state index in [1.54, 1.807) is 0 Å². The van der Waals surface area contributed by atoms with Crippen molar-refractivity contribution in [3.8, 4) is 0 Å². The predicted molar refractivity (Wildman–Crippen MR) is 86.4 cm³/mol. The van der Waals surface area contributed by atoms with Gasteiger partial charge in [0.15, 0.2) is 6.29 Å². The Balaban J connectivity index is 2.25. The van der Waals surface area contributed by atoms with Crippen LogP contribution in [-0.4, -0.2) is 102 Å². The van der Waals surface area contributed by atoms with Crippen LogP contribution in [0.4, 0.5) is 0 Å². The fourth-order valence-electron chi connectivity index (χ4n) is 3.62. The standard InChI is InChI=1S/C15H20N2O11/c18-2-5-1-17(14(26)16-13(5)25)15(11(24)9(22)7(4-20)28-15)12-10(23)8(21)6(3-19)27-12/h1-2,6-12,19-24H,3-4H2,(H,16,25,26)/t6-,7-,8-,9-,10+,11-,12-,15+/m1/s1. The van der Waals surface area contributed by atoms with Gasteiger partial charge in [0.25, 0.3) is 5.56 Å². The Morgan fingerprint density at radius 3 is 2.21 bits per heavy atom. The second kappa shape index (κ2) is 7.46. The molecule has 2 saturated heterocycles. The highest BCUT2D eigenvalue weighted by atomic mass is 16.6. The summed E-state index contributed by atoms with van der Waals surface area (Å²) in [6, 6.07) is 0. The van der Waals surface area contributed by atoms with Crippen molar-refractivity contribution in [2.75, 3.05) is 13.2 Å². The van der Waals surface area contributed by atoms with Crippen LogP contribution < -0.4 is 11.2 Å². The van der Waals surface area contributed by atoms with E-state index in [0.29, 0.717) is 4.57 Å². The van der Waals surface area contributed by atoms with Gasteiger partial charge in [0.2, 0.25) is 5.72 Å². The summed E-state index contributed by atoms with van der Waals surface area (Å²) in [5, 5.41) is 60.1. The monoisotopic (exact) mass is 404 g/mol. The van der Waals surface area contributed by atoms with Gasteiger partial charge in [-0.1, -0.05) is 0 Å². The van der Waals surface area contributed by atoms with Crippen molar-refractivity contribution >= 4 is 6.29 Å². The first kappa shape index (κ1) is 20.8. The summed E-state index contributed by atoms with van der Waals surface area (Å²) in [5.41, 5.74) is -5.20. The molecular weight excluding hydrogens is 384 g/mol. The molecule has 13 nitrogen and oxygen atoms in total. The van der Waals surface area contributed by atoms with Gasteiger partial charge in [0, 0.05) is 6.20 Å². The molecule has 0 unspecified atom stereocenters. The Kier molecular flexibility index (Phi) is 5.53. The third-order valence-corrected chi connectivity index (χ3v) is 5.07. The Morgan fingerprint density at radius 2 is 1.71 bits per heavy atom. The first-order valence-electron chi connectivity index (χ1n) is 8.31. The number of nitrogens with zero attached hydrogens (tertiary/aromatic N) is 1. The molecule has 13 heteroatoms. The highest BCUT2D eigenvalue weighted by Gasteiger charge is 2.65. The summed E-state index contributed by atoms with van der Waals surface area (Å²) in [5.74, 6) is 0. The number of H-pyrrole nitrogens is 1. The van der Waals surface area contributed by atoms with Crippen LogP contribution >= 0.6 is 0 Å². The van der Waals surface area contributed by atoms with E-state index in [2.05, 4.69) is 0 Å². The number of aromatic amines is 1. The van der Waals surface area contributed by atoms with E-state index in [1.807, 2.05) is 4.98 Å². The van der Waals surface area contributed by atoms with Crippen molar-refractivity contribution in [1.82, 2.24) is 9.55 Å². The Morgan fingerprint density at radius 1 is 1.07 bits per heavy atom. The zero-order valence-corrected chi connectivity index (χ0v) is 14.3. The number of carbonyl (C=O) groups is 1. The van der Waals surface area contributed by atoms with Gasteiger partial charge in [0.05, 0.1) is 18.8 Å². The van der Waals surface area contributed by atoms with Gasteiger partial charge in [-0.15, -0.1) is 0 Å². The van der Waals surface area contributed by atoms with E-state index >= 15 is 0 Å². The third-order valence-electron chi connectivity index (χ3n) is 5.07. The molecule has 7 N–H and O–H groups in total. The maximum absolute atomic E-state index is 12.5. The summed E-state index contributed by atoms with van der Waals surface area (Å²) < 4.78 is 11.4. The molecule has 0 saturated carbocycles. The molecule has 8 atom stereocenters. The van der Waals surface area contributed by atoms with Crippen molar-refractivity contribution in [3.05, 3.63) is 32.6 Å². The molecular formula is C15H20N2O11. The van der Waals surface area contributed by atoms with Gasteiger partial charge in [-0.25, -0.2) is 4.79 Å². The van der Waals surface area contributed by atoms with Gasteiger partial charge < -0.3 is 40.1 Å². The molecule has 156 valence electrons. The lowest BCUT2D eigenvalue weighted by atomic mass is 9.92. The third kappa shape index (κ3) is 2.84. The molecule has 1 aromatic rings. The van der Waals surface area contributed by atoms with E-state index < -0.39 is 78.5 Å². The molecule has 2 aliphatic heterocycles. The number of ether oxygens (including phenoxy) is 2. The van der Waals surface area contributed by atoms with E-state index in [0.717, 1.165) is 6.20 Å². The van der Waals surface area contributed by atoms with Crippen LogP contribution in [0.25, 0.3) is 0 Å². The van der Waals surface area contributed by atoms with Crippen molar-refractivity contribution in [3.63, 3.8) is 0 Å². The lowest BCUT2D eigenvalue weighted by Crippen LogP contribution is -2.61. The van der Waals surface area contributed by atoms with Crippen LogP contribution in [0.2, 0.25) is 0 Å². The van der Waals surface area contributed by atoms with Crippen LogP contribution in [0.15, 0.2) is 15.8 Å². The smallest absolute Gasteiger partial charge is 0.330 e. The molecule has 0 aromatic carbocycles. The maximum atomic E-state index is 12.5. The SMILES string of the molecule is O=Cc1cn([C@]2([C@@H]3O[C@H](CO)[C@@H](O)[C@@H]3O)O[C@H](CO)[C@@H](O)[C@H]2O)c(=O)[nH]c1=O. The van der Waals surface area contributed by atoms with Crippen LogP contribution in [-0.2, 0) is 15.2 Å². The lowest BCUT2D eigenvalue weighted by Gasteiger charge is -2.39. The second-order valence-corrected chi connectivity index (χ2v) is 6.62. The fourth-order valence-corrected chi connectivity index (χ4v) is 3.62. The van der Waals surface area contributed by atoms with E-state index in [1.165, 1.54) is 0 Å². The zero-order valence-electron chi connectivity index (χ0n) is 14.3. The molecule has 0 aliphatic carbocycles. The van der Waals surface area contributed by atoms with E-state index in [9.17, 15) is 45.0 Å². The number of carbonyl (C=O) groups excluding carboxylic acids is 1. The Labute approximate surface area is 156 Å². The molecule has 1 aromatic heterocycles. The van der Waals surface area contributed by atoms with Gasteiger partial charge >= 0.3 is 5.69 Å². The molecule has 0 radical (unpaired) electrons. The van der Waals surface area contributed by atoms with Gasteiger partial charge in [-0.3, -0.25) is 19.1 Å². The zero-order chi connectivity index (χ0) is 20.8. The van der Waals surface area contributed by atoms with Crippen LogP contribution in [0.5, 0.6) is 0 Å². The molecule has 0 spiro atoms. The molecule has 28 heavy (non-hydrogen) atoms. The van der Waals surface area contributed by atoms with Crippen LogP contribution in [0.3, 0.4) is 0 Å². The van der Waals surface area contributed by atoms with Crippen molar-refractivity contribution < 1.29 is 44.9 Å². The molecule has 2 aliphatic rings. The number of aliphatic hydroxyl groups excluding tert-OH is 6. The van der Waals surface area contributed by atoms with E-state index in [-0.39, 0.29) is 6.29 Å². The average Bonchev–Trinajstić information content (AvgIpc) is 3.10. The fraction of sp³-hybridized carbons (Fsp3) is 0.667. The topological polar surface area (TPSA) is 212 Å². The van der Waals surface area contributed by atoms with Crippen molar-refractivity contribution in [2.45, 2.75) is 48.5 Å². The minimum atomic E-state index is -2.45. The normalized spacial score (nSPS) is 40.7. The minimum absolute atomic E-state index is 0.126. The largest absolute Gasteiger partial charge is 0.394 e. The Bertz CT molecular complexity index is 853. The quantitative estimate of drug-likeness (QED) is 0.230. The maximum Gasteiger partial charge on any atom is 0.330 e. The summed E-state index contributed by atoms with van der Waals surface area (Å²) in [7, 11) is 0. The average molecular weight is 404 g/mol. The number of hydrogen-bond donors (Lipinski definition) is 7. The summed E-state index contributed by atoms with van der Waals surface area (Å²) in [6.07, 6.45) is -10.8. The number of aldehydes is 1. The number of aromatic nitrogens is 2. The molecule has 2 fully saturated rings. The molecule has 0 amide bonds. The number of nitrogens with one attached hydrogen (secondary N) is 1. The highest BCUT2D eigenvalue weighted by Crippen LogP contribution is 2.43. The van der Waals surface area contributed by atoms with Gasteiger partial charge in [-0.2, -0.15) is 0 Å². The molecule has 3 rings (SSSR count). The minimum Gasteiger partial charge on any atom is -0.394 e. The molecule has 3 heterocycles. The lowest BCUT2D eigenvalue weighted by molar-refractivity contribution is -0.234. The van der Waals surface area contributed by atoms with Crippen molar-refractivity contribution in [2.24, 2.45) is 0 Å². The first-order valence-corrected chi connectivity index (χ1v) is 8.31. The summed E-state index contributed by atoms with van der Waals surface area (Å²) in [6.45, 7) is -1.53. The van der Waals surface area contributed by atoms with Gasteiger partial charge in [0.1, 0.15) is 42.7 Å². The number of rotatable bonds is 5. The first-order chi connectivity index (χ1) is 13.2. The number of hydrogen-bond acceptors (Lipinski definition) is 11. The number of aliphatic hydroxyl groups is 6. The predicted octanol–water partition coefficient (Wildman–Crippen LogP) is -5.40. The second-order valence-electron chi connectivity index (χ2n) is 6.62. The highest BCUT2D eigenvalue weighted by molar-refractivity contribution is 5.73.